The van der Waals surface area contributed by atoms with E-state index in [1.54, 1.807) is 17.8 Å². The fourth-order valence-corrected chi connectivity index (χ4v) is 4.87. The van der Waals surface area contributed by atoms with Crippen LogP contribution in [0.5, 0.6) is 0 Å². The van der Waals surface area contributed by atoms with Crippen LogP contribution in [0.15, 0.2) is 47.4 Å². The third kappa shape index (κ3) is 4.47. The van der Waals surface area contributed by atoms with Crippen molar-refractivity contribution in [1.29, 1.82) is 0 Å². The number of carbonyl (C=O) groups excluding carboxylic acids is 2. The number of fused-ring (bicyclic) bond motifs is 1. The highest BCUT2D eigenvalue weighted by molar-refractivity contribution is 7.99. The second-order valence-electron chi connectivity index (χ2n) is 7.28. The number of ether oxygens (including phenoxy) is 2. The molecule has 1 unspecified atom stereocenters. The second kappa shape index (κ2) is 8.93. The molecule has 1 aliphatic carbocycles. The van der Waals surface area contributed by atoms with Gasteiger partial charge in [-0.2, -0.15) is 0 Å². The van der Waals surface area contributed by atoms with Gasteiger partial charge in [-0.1, -0.05) is 24.3 Å². The maximum absolute atomic E-state index is 12.6. The van der Waals surface area contributed by atoms with Crippen molar-refractivity contribution < 1.29 is 19.1 Å². The zero-order valence-corrected chi connectivity index (χ0v) is 16.6. The molecule has 1 aliphatic heterocycles. The van der Waals surface area contributed by atoms with Crippen molar-refractivity contribution in [3.63, 3.8) is 0 Å². The molecule has 146 valence electrons. The van der Waals surface area contributed by atoms with Gasteiger partial charge < -0.3 is 9.47 Å². The first kappa shape index (κ1) is 19.2. The third-order valence-corrected chi connectivity index (χ3v) is 6.52. The molecule has 2 aromatic rings. The van der Waals surface area contributed by atoms with E-state index in [4.69, 9.17) is 9.47 Å². The van der Waals surface area contributed by atoms with Crippen LogP contribution in [-0.2, 0) is 22.3 Å². The molecule has 0 amide bonds. The topological polar surface area (TPSA) is 52.6 Å². The number of hydrogen-bond acceptors (Lipinski definition) is 5. The summed E-state index contributed by atoms with van der Waals surface area (Å²) in [5, 5.41) is 0. The smallest absolute Gasteiger partial charge is 0.339 e. The Morgan fingerprint density at radius 1 is 1.07 bits per heavy atom. The van der Waals surface area contributed by atoms with Gasteiger partial charge in [0.1, 0.15) is 0 Å². The molecule has 28 heavy (non-hydrogen) atoms. The lowest BCUT2D eigenvalue weighted by Gasteiger charge is -2.12. The Morgan fingerprint density at radius 2 is 1.93 bits per heavy atom. The number of thioether (sulfide) groups is 1. The molecule has 2 aromatic carbocycles. The Hall–Kier alpha value is -2.11. The summed E-state index contributed by atoms with van der Waals surface area (Å²) in [5.74, 6) is 0.204. The van der Waals surface area contributed by atoms with Gasteiger partial charge in [0, 0.05) is 22.8 Å². The predicted octanol–water partition coefficient (Wildman–Crippen LogP) is 4.49. The number of ketones is 1. The van der Waals surface area contributed by atoms with Gasteiger partial charge in [-0.3, -0.25) is 4.79 Å². The lowest BCUT2D eigenvalue weighted by atomic mass is 10.0. The Labute approximate surface area is 169 Å². The van der Waals surface area contributed by atoms with E-state index in [0.717, 1.165) is 49.4 Å². The summed E-state index contributed by atoms with van der Waals surface area (Å²) in [5.41, 5.74) is 3.69. The first-order valence-corrected chi connectivity index (χ1v) is 10.8. The fraction of sp³-hybridized carbons (Fsp3) is 0.391. The maximum Gasteiger partial charge on any atom is 0.339 e. The predicted molar refractivity (Wildman–Crippen MR) is 109 cm³/mol. The number of rotatable bonds is 7. The Kier molecular flexibility index (Phi) is 6.13. The van der Waals surface area contributed by atoms with Crippen molar-refractivity contribution in [2.24, 2.45) is 0 Å². The Bertz CT molecular complexity index is 871. The van der Waals surface area contributed by atoms with Crippen LogP contribution in [0.2, 0.25) is 0 Å². The van der Waals surface area contributed by atoms with E-state index in [1.165, 1.54) is 11.1 Å². The van der Waals surface area contributed by atoms with Crippen molar-refractivity contribution >= 4 is 23.5 Å². The zero-order valence-electron chi connectivity index (χ0n) is 15.8. The van der Waals surface area contributed by atoms with Crippen LogP contribution in [0, 0.1) is 0 Å². The van der Waals surface area contributed by atoms with Gasteiger partial charge in [0.2, 0.25) is 0 Å². The number of carbonyl (C=O) groups is 2. The van der Waals surface area contributed by atoms with Gasteiger partial charge in [-0.25, -0.2) is 4.79 Å². The van der Waals surface area contributed by atoms with E-state index in [-0.39, 0.29) is 18.5 Å². The molecule has 1 fully saturated rings. The minimum absolute atomic E-state index is 0.160. The third-order valence-electron chi connectivity index (χ3n) is 5.31. The summed E-state index contributed by atoms with van der Waals surface area (Å²) in [6.45, 7) is 0.585. The van der Waals surface area contributed by atoms with E-state index in [9.17, 15) is 9.59 Å². The average Bonchev–Trinajstić information content (AvgIpc) is 3.41. The molecule has 0 aromatic heterocycles. The first-order valence-electron chi connectivity index (χ1n) is 9.86. The lowest BCUT2D eigenvalue weighted by molar-refractivity contribution is 0.0471. The molecule has 4 nitrogen and oxygen atoms in total. The summed E-state index contributed by atoms with van der Waals surface area (Å²) in [7, 11) is 0. The Balaban J connectivity index is 1.36. The van der Waals surface area contributed by atoms with Crippen LogP contribution >= 0.6 is 11.8 Å². The van der Waals surface area contributed by atoms with E-state index in [0.29, 0.717) is 11.1 Å². The summed E-state index contributed by atoms with van der Waals surface area (Å²) < 4.78 is 11.0. The largest absolute Gasteiger partial charge is 0.454 e. The molecule has 4 rings (SSSR count). The van der Waals surface area contributed by atoms with Crippen LogP contribution in [0.1, 0.15) is 51.1 Å². The molecule has 0 saturated carbocycles. The van der Waals surface area contributed by atoms with Gasteiger partial charge in [-0.15, -0.1) is 11.8 Å². The fourth-order valence-electron chi connectivity index (χ4n) is 3.76. The summed E-state index contributed by atoms with van der Waals surface area (Å²) in [4.78, 5) is 25.9. The van der Waals surface area contributed by atoms with Gasteiger partial charge in [-0.05, 0) is 61.4 Å². The van der Waals surface area contributed by atoms with Crippen molar-refractivity contribution in [2.45, 2.75) is 43.1 Å². The van der Waals surface area contributed by atoms with Gasteiger partial charge in [0.15, 0.2) is 12.4 Å². The quantitative estimate of drug-likeness (QED) is 0.392. The van der Waals surface area contributed by atoms with Crippen molar-refractivity contribution in [3.05, 3.63) is 64.7 Å². The van der Waals surface area contributed by atoms with Gasteiger partial charge in [0.05, 0.1) is 11.7 Å². The van der Waals surface area contributed by atoms with Crippen LogP contribution in [-0.4, -0.2) is 36.8 Å². The number of Topliss-reactive ketones (excluding diaryl/α,β-unsaturated/α-hetero) is 1. The molecule has 0 radical (unpaired) electrons. The van der Waals surface area contributed by atoms with Gasteiger partial charge in [0.25, 0.3) is 0 Å². The number of esters is 1. The highest BCUT2D eigenvalue weighted by Crippen LogP contribution is 2.27. The molecule has 1 heterocycles. The molecular weight excluding hydrogens is 372 g/mol. The highest BCUT2D eigenvalue weighted by atomic mass is 32.2. The van der Waals surface area contributed by atoms with Crippen molar-refractivity contribution in [1.82, 2.24) is 0 Å². The molecule has 1 saturated heterocycles. The SMILES string of the molecule is O=C(COC(=O)c1ccccc1SCC1CCCO1)c1ccc2c(c1)CCC2. The summed E-state index contributed by atoms with van der Waals surface area (Å²) in [6, 6.07) is 13.2. The first-order chi connectivity index (χ1) is 13.7. The van der Waals surface area contributed by atoms with Crippen molar-refractivity contribution in [2.75, 3.05) is 19.0 Å². The molecule has 1 atom stereocenters. The van der Waals surface area contributed by atoms with Crippen LogP contribution in [0.3, 0.4) is 0 Å². The lowest BCUT2D eigenvalue weighted by Crippen LogP contribution is -2.15. The number of aryl methyl sites for hydroxylation is 2. The monoisotopic (exact) mass is 396 g/mol. The molecule has 0 spiro atoms. The second-order valence-corrected chi connectivity index (χ2v) is 8.34. The maximum atomic E-state index is 12.6. The van der Waals surface area contributed by atoms with Crippen molar-refractivity contribution in [3.8, 4) is 0 Å². The van der Waals surface area contributed by atoms with E-state index >= 15 is 0 Å². The van der Waals surface area contributed by atoms with Crippen LogP contribution in [0.4, 0.5) is 0 Å². The minimum Gasteiger partial charge on any atom is -0.454 e. The molecule has 0 bridgehead atoms. The van der Waals surface area contributed by atoms with Gasteiger partial charge >= 0.3 is 5.97 Å². The normalized spacial score (nSPS) is 18.1. The standard InChI is InChI=1S/C23H24O4S/c24-21(18-11-10-16-5-3-6-17(16)13-18)14-27-23(25)20-8-1-2-9-22(20)28-15-19-7-4-12-26-19/h1-2,8-11,13,19H,3-7,12,14-15H2. The van der Waals surface area contributed by atoms with E-state index in [2.05, 4.69) is 0 Å². The Morgan fingerprint density at radius 3 is 2.79 bits per heavy atom. The number of benzene rings is 2. The summed E-state index contributed by atoms with van der Waals surface area (Å²) in [6.07, 6.45) is 5.65. The summed E-state index contributed by atoms with van der Waals surface area (Å²) >= 11 is 1.61. The van der Waals surface area contributed by atoms with E-state index < -0.39 is 5.97 Å². The molecule has 2 aliphatic rings. The van der Waals surface area contributed by atoms with Crippen LogP contribution in [0.25, 0.3) is 0 Å². The minimum atomic E-state index is -0.454. The number of hydrogen-bond donors (Lipinski definition) is 0. The zero-order chi connectivity index (χ0) is 19.3. The van der Waals surface area contributed by atoms with E-state index in [1.807, 2.05) is 36.4 Å². The molecular formula is C23H24O4S. The molecule has 0 N–H and O–H groups in total. The molecule has 5 heteroatoms. The van der Waals surface area contributed by atoms with Crippen LogP contribution < -0.4 is 0 Å². The highest BCUT2D eigenvalue weighted by Gasteiger charge is 2.20. The average molecular weight is 397 g/mol.